The van der Waals surface area contributed by atoms with Crippen LogP contribution in [0.15, 0.2) is 0 Å². The molecule has 0 spiro atoms. The number of nitrogens with one attached hydrogen (secondary N) is 1. The van der Waals surface area contributed by atoms with Gasteiger partial charge in [-0.25, -0.2) is 0 Å². The maximum atomic E-state index is 12.2. The Balaban J connectivity index is 2.55. The lowest BCUT2D eigenvalue weighted by Gasteiger charge is -2.26. The van der Waals surface area contributed by atoms with E-state index < -0.39 is 6.10 Å². The highest BCUT2D eigenvalue weighted by atomic mass is 16.3. The lowest BCUT2D eigenvalue weighted by molar-refractivity contribution is -0.133. The van der Waals surface area contributed by atoms with Gasteiger partial charge < -0.3 is 15.3 Å². The first-order valence-corrected chi connectivity index (χ1v) is 6.11. The second-order valence-corrected chi connectivity index (χ2v) is 4.94. The Bertz CT molecular complexity index is 299. The van der Waals surface area contributed by atoms with E-state index in [0.29, 0.717) is 38.4 Å². The van der Waals surface area contributed by atoms with E-state index >= 15 is 0 Å². The molecule has 0 saturated carbocycles. The number of aliphatic hydroxyl groups is 1. The molecule has 0 aliphatic carbocycles. The number of rotatable bonds is 5. The predicted octanol–water partition coefficient (Wildman–Crippen LogP) is 0.107. The number of hydrogen-bond donors (Lipinski definition) is 2. The van der Waals surface area contributed by atoms with Gasteiger partial charge in [0.25, 0.3) is 0 Å². The van der Waals surface area contributed by atoms with Crippen LogP contribution in [-0.2, 0) is 4.79 Å². The Morgan fingerprint density at radius 2 is 2.35 bits per heavy atom. The summed E-state index contributed by atoms with van der Waals surface area (Å²) in [5.74, 6) is 0.384. The SMILES string of the molecule is CC(C)CN(CCC#N)C(=O)C1CC(O)CN1. The number of nitrogens with zero attached hydrogens (tertiary/aromatic N) is 2. The largest absolute Gasteiger partial charge is 0.392 e. The van der Waals surface area contributed by atoms with Gasteiger partial charge in [-0.2, -0.15) is 5.26 Å². The summed E-state index contributed by atoms with van der Waals surface area (Å²) in [6.45, 7) is 5.70. The number of β-amino-alcohol motifs (C(OH)–C–C–N with tert-alkyl or cyclic N) is 1. The topological polar surface area (TPSA) is 76.4 Å². The van der Waals surface area contributed by atoms with Crippen LogP contribution in [0.5, 0.6) is 0 Å². The van der Waals surface area contributed by atoms with Crippen molar-refractivity contribution in [2.24, 2.45) is 5.92 Å². The fraction of sp³-hybridized carbons (Fsp3) is 0.833. The number of carbonyl (C=O) groups is 1. The van der Waals surface area contributed by atoms with Crippen molar-refractivity contribution in [1.29, 1.82) is 5.26 Å². The number of amides is 1. The van der Waals surface area contributed by atoms with Crippen molar-refractivity contribution >= 4 is 5.91 Å². The number of nitriles is 1. The number of aliphatic hydroxyl groups excluding tert-OH is 1. The molecule has 2 atom stereocenters. The Labute approximate surface area is 102 Å². The van der Waals surface area contributed by atoms with Gasteiger partial charge in [-0.1, -0.05) is 13.8 Å². The van der Waals surface area contributed by atoms with Gasteiger partial charge in [0.15, 0.2) is 0 Å². The lowest BCUT2D eigenvalue weighted by Crippen LogP contribution is -2.45. The molecule has 5 heteroatoms. The van der Waals surface area contributed by atoms with Crippen molar-refractivity contribution in [2.45, 2.75) is 38.8 Å². The maximum absolute atomic E-state index is 12.2. The zero-order chi connectivity index (χ0) is 12.8. The fourth-order valence-electron chi connectivity index (χ4n) is 2.04. The molecule has 17 heavy (non-hydrogen) atoms. The summed E-state index contributed by atoms with van der Waals surface area (Å²) in [6.07, 6.45) is 0.397. The molecule has 0 aromatic heterocycles. The van der Waals surface area contributed by atoms with E-state index in [4.69, 9.17) is 5.26 Å². The summed E-state index contributed by atoms with van der Waals surface area (Å²) in [4.78, 5) is 13.9. The third-order valence-electron chi connectivity index (χ3n) is 2.80. The molecule has 2 N–H and O–H groups in total. The minimum Gasteiger partial charge on any atom is -0.392 e. The summed E-state index contributed by atoms with van der Waals surface area (Å²) < 4.78 is 0. The highest BCUT2D eigenvalue weighted by Gasteiger charge is 2.31. The van der Waals surface area contributed by atoms with Gasteiger partial charge in [0.05, 0.1) is 24.6 Å². The molecule has 0 aromatic rings. The molecule has 1 heterocycles. The monoisotopic (exact) mass is 239 g/mol. The molecule has 1 fully saturated rings. The zero-order valence-corrected chi connectivity index (χ0v) is 10.5. The molecule has 96 valence electrons. The average molecular weight is 239 g/mol. The van der Waals surface area contributed by atoms with Gasteiger partial charge in [0.1, 0.15) is 0 Å². The first kappa shape index (κ1) is 13.9. The van der Waals surface area contributed by atoms with Crippen LogP contribution in [0, 0.1) is 17.2 Å². The molecule has 0 bridgehead atoms. The normalized spacial score (nSPS) is 23.7. The summed E-state index contributed by atoms with van der Waals surface area (Å²) in [6, 6.07) is 1.77. The molecular weight excluding hydrogens is 218 g/mol. The van der Waals surface area contributed by atoms with Crippen LogP contribution in [0.25, 0.3) is 0 Å². The molecule has 1 aliphatic heterocycles. The second kappa shape index (κ2) is 6.58. The Morgan fingerprint density at radius 3 is 2.82 bits per heavy atom. The molecule has 2 unspecified atom stereocenters. The highest BCUT2D eigenvalue weighted by molar-refractivity contribution is 5.82. The molecule has 1 rings (SSSR count). The van der Waals surface area contributed by atoms with Crippen molar-refractivity contribution in [3.05, 3.63) is 0 Å². The van der Waals surface area contributed by atoms with E-state index in [9.17, 15) is 9.90 Å². The molecule has 1 aliphatic rings. The first-order valence-electron chi connectivity index (χ1n) is 6.11. The van der Waals surface area contributed by atoms with Crippen LogP contribution in [0.1, 0.15) is 26.7 Å². The van der Waals surface area contributed by atoms with Crippen LogP contribution in [0.4, 0.5) is 0 Å². The second-order valence-electron chi connectivity index (χ2n) is 4.94. The Kier molecular flexibility index (Phi) is 5.39. The molecule has 0 radical (unpaired) electrons. The van der Waals surface area contributed by atoms with E-state index in [0.717, 1.165) is 0 Å². The summed E-state index contributed by atoms with van der Waals surface area (Å²) >= 11 is 0. The van der Waals surface area contributed by atoms with Crippen molar-refractivity contribution < 1.29 is 9.90 Å². The predicted molar refractivity (Wildman–Crippen MR) is 64.1 cm³/mol. The van der Waals surface area contributed by atoms with E-state index in [2.05, 4.69) is 11.4 Å². The molecule has 1 amide bonds. The minimum atomic E-state index is -0.430. The third kappa shape index (κ3) is 4.33. The van der Waals surface area contributed by atoms with Crippen LogP contribution < -0.4 is 5.32 Å². The van der Waals surface area contributed by atoms with E-state index in [1.165, 1.54) is 0 Å². The third-order valence-corrected chi connectivity index (χ3v) is 2.80. The molecule has 1 saturated heterocycles. The number of carbonyl (C=O) groups excluding carboxylic acids is 1. The van der Waals surface area contributed by atoms with Crippen LogP contribution in [-0.4, -0.2) is 47.7 Å². The van der Waals surface area contributed by atoms with Gasteiger partial charge in [-0.05, 0) is 12.3 Å². The Hall–Kier alpha value is -1.12. The number of hydrogen-bond acceptors (Lipinski definition) is 4. The fourth-order valence-corrected chi connectivity index (χ4v) is 2.04. The zero-order valence-electron chi connectivity index (χ0n) is 10.5. The standard InChI is InChI=1S/C12H21N3O2/c1-9(2)8-15(5-3-4-13)12(17)11-6-10(16)7-14-11/h9-11,14,16H,3,5-8H2,1-2H3. The van der Waals surface area contributed by atoms with Crippen LogP contribution in [0.2, 0.25) is 0 Å². The van der Waals surface area contributed by atoms with Gasteiger partial charge in [0.2, 0.25) is 5.91 Å². The van der Waals surface area contributed by atoms with Crippen molar-refractivity contribution in [1.82, 2.24) is 10.2 Å². The summed E-state index contributed by atoms with van der Waals surface area (Å²) in [5, 5.41) is 21.0. The summed E-state index contributed by atoms with van der Waals surface area (Å²) in [5.41, 5.74) is 0. The quantitative estimate of drug-likeness (QED) is 0.714. The van der Waals surface area contributed by atoms with E-state index in [1.807, 2.05) is 13.8 Å². The smallest absolute Gasteiger partial charge is 0.239 e. The van der Waals surface area contributed by atoms with Crippen molar-refractivity contribution in [2.75, 3.05) is 19.6 Å². The maximum Gasteiger partial charge on any atom is 0.239 e. The van der Waals surface area contributed by atoms with Crippen molar-refractivity contribution in [3.63, 3.8) is 0 Å². The average Bonchev–Trinajstić information content (AvgIpc) is 2.69. The highest BCUT2D eigenvalue weighted by Crippen LogP contribution is 2.11. The molecular formula is C12H21N3O2. The van der Waals surface area contributed by atoms with Crippen LogP contribution in [0.3, 0.4) is 0 Å². The Morgan fingerprint density at radius 1 is 1.65 bits per heavy atom. The minimum absolute atomic E-state index is 0.00509. The lowest BCUT2D eigenvalue weighted by atomic mass is 10.1. The van der Waals surface area contributed by atoms with E-state index in [1.54, 1.807) is 4.90 Å². The van der Waals surface area contributed by atoms with Gasteiger partial charge in [-0.3, -0.25) is 4.79 Å². The van der Waals surface area contributed by atoms with Crippen molar-refractivity contribution in [3.8, 4) is 6.07 Å². The molecule has 0 aromatic carbocycles. The van der Waals surface area contributed by atoms with E-state index in [-0.39, 0.29) is 11.9 Å². The van der Waals surface area contributed by atoms with Gasteiger partial charge in [-0.15, -0.1) is 0 Å². The van der Waals surface area contributed by atoms with Gasteiger partial charge >= 0.3 is 0 Å². The first-order chi connectivity index (χ1) is 8.04. The van der Waals surface area contributed by atoms with Gasteiger partial charge in [0, 0.05) is 19.6 Å². The van der Waals surface area contributed by atoms with Crippen LogP contribution >= 0.6 is 0 Å². The summed E-state index contributed by atoms with van der Waals surface area (Å²) in [7, 11) is 0. The molecule has 5 nitrogen and oxygen atoms in total.